The number of fused-ring (bicyclic) bond motifs is 1. The van der Waals surface area contributed by atoms with Crippen LogP contribution < -0.4 is 0 Å². The number of aromatic nitrogens is 2. The van der Waals surface area contributed by atoms with Crippen molar-refractivity contribution in [1.82, 2.24) is 9.97 Å². The zero-order chi connectivity index (χ0) is 10.3. The van der Waals surface area contributed by atoms with Crippen molar-refractivity contribution >= 4 is 34.6 Å². The Labute approximate surface area is 104 Å². The Morgan fingerprint density at radius 2 is 1.75 bits per heavy atom. The van der Waals surface area contributed by atoms with Crippen LogP contribution in [-0.2, 0) is 0 Å². The fourth-order valence-corrected chi connectivity index (χ4v) is 1.54. The van der Waals surface area contributed by atoms with Crippen molar-refractivity contribution in [1.29, 1.82) is 0 Å². The summed E-state index contributed by atoms with van der Waals surface area (Å²) >= 11 is 1.60. The maximum absolute atomic E-state index is 4.18. The topological polar surface area (TPSA) is 25.8 Å². The predicted molar refractivity (Wildman–Crippen MR) is 71.1 cm³/mol. The SMILES string of the molecule is Cl.c1ccc2ncccc2c1.c1cscn1. The molecule has 16 heavy (non-hydrogen) atoms. The second kappa shape index (κ2) is 6.93. The van der Waals surface area contributed by atoms with Crippen LogP contribution in [0.4, 0.5) is 0 Å². The quantitative estimate of drug-likeness (QED) is 0.607. The summed E-state index contributed by atoms with van der Waals surface area (Å²) in [7, 11) is 0. The van der Waals surface area contributed by atoms with Crippen molar-refractivity contribution in [2.75, 3.05) is 0 Å². The van der Waals surface area contributed by atoms with Gasteiger partial charge in [0.1, 0.15) is 0 Å². The first kappa shape index (κ1) is 12.6. The van der Waals surface area contributed by atoms with Gasteiger partial charge in [0.05, 0.1) is 11.0 Å². The molecule has 3 rings (SSSR count). The molecule has 2 heterocycles. The molecule has 0 saturated heterocycles. The number of hydrogen-bond donors (Lipinski definition) is 0. The van der Waals surface area contributed by atoms with E-state index in [4.69, 9.17) is 0 Å². The molecule has 2 nitrogen and oxygen atoms in total. The molecule has 0 bridgehead atoms. The highest BCUT2D eigenvalue weighted by atomic mass is 35.5. The Bertz CT molecular complexity index is 428. The van der Waals surface area contributed by atoms with Crippen molar-refractivity contribution < 1.29 is 0 Å². The third kappa shape index (κ3) is 3.61. The highest BCUT2D eigenvalue weighted by Crippen LogP contribution is 2.07. The molecule has 0 aliphatic rings. The van der Waals surface area contributed by atoms with Crippen LogP contribution in [0.15, 0.2) is 59.7 Å². The van der Waals surface area contributed by atoms with Crippen molar-refractivity contribution in [3.63, 3.8) is 0 Å². The van der Waals surface area contributed by atoms with Gasteiger partial charge in [-0.15, -0.1) is 23.7 Å². The summed E-state index contributed by atoms with van der Waals surface area (Å²) in [6.45, 7) is 0. The molecule has 0 atom stereocenters. The standard InChI is InChI=1S/C9H7N.C3H3NS.ClH/c1-2-6-9-8(4-1)5-3-7-10-9;1-2-5-3-4-1;/h1-7H;1-3H;1H. The van der Waals surface area contributed by atoms with Gasteiger partial charge in [-0.1, -0.05) is 24.3 Å². The van der Waals surface area contributed by atoms with Gasteiger partial charge in [-0.05, 0) is 12.1 Å². The van der Waals surface area contributed by atoms with Crippen LogP contribution in [0.5, 0.6) is 0 Å². The lowest BCUT2D eigenvalue weighted by Gasteiger charge is -1.91. The van der Waals surface area contributed by atoms with E-state index in [9.17, 15) is 0 Å². The van der Waals surface area contributed by atoms with Gasteiger partial charge in [0.15, 0.2) is 0 Å². The number of nitrogens with zero attached hydrogens (tertiary/aromatic N) is 2. The second-order valence-corrected chi connectivity index (χ2v) is 3.63. The summed E-state index contributed by atoms with van der Waals surface area (Å²) in [6, 6.07) is 12.1. The molecule has 3 aromatic rings. The fourth-order valence-electron chi connectivity index (χ4n) is 1.19. The molecular formula is C12H11ClN2S. The van der Waals surface area contributed by atoms with Gasteiger partial charge >= 0.3 is 0 Å². The average molecular weight is 251 g/mol. The molecule has 0 unspecified atom stereocenters. The highest BCUT2D eigenvalue weighted by molar-refractivity contribution is 7.07. The number of para-hydroxylation sites is 1. The normalized spacial score (nSPS) is 8.75. The van der Waals surface area contributed by atoms with Crippen LogP contribution in [0.2, 0.25) is 0 Å². The van der Waals surface area contributed by atoms with Gasteiger partial charge in [0.2, 0.25) is 0 Å². The highest BCUT2D eigenvalue weighted by Gasteiger charge is 1.86. The fraction of sp³-hybridized carbons (Fsp3) is 0. The summed E-state index contributed by atoms with van der Waals surface area (Å²) in [5, 5.41) is 3.13. The maximum Gasteiger partial charge on any atom is 0.0791 e. The Morgan fingerprint density at radius 1 is 0.938 bits per heavy atom. The molecule has 0 N–H and O–H groups in total. The van der Waals surface area contributed by atoms with E-state index >= 15 is 0 Å². The van der Waals surface area contributed by atoms with E-state index in [1.54, 1.807) is 23.0 Å². The van der Waals surface area contributed by atoms with E-state index in [0.717, 1.165) is 5.52 Å². The molecule has 1 aromatic carbocycles. The lowest BCUT2D eigenvalue weighted by Crippen LogP contribution is -1.73. The summed E-state index contributed by atoms with van der Waals surface area (Å²) in [5.74, 6) is 0. The Morgan fingerprint density at radius 3 is 2.38 bits per heavy atom. The Balaban J connectivity index is 0.000000183. The van der Waals surface area contributed by atoms with Crippen LogP contribution in [0.3, 0.4) is 0 Å². The molecule has 2 aromatic heterocycles. The average Bonchev–Trinajstić information content (AvgIpc) is 2.88. The molecular weight excluding hydrogens is 240 g/mol. The number of halogens is 1. The predicted octanol–water partition coefficient (Wildman–Crippen LogP) is 3.80. The van der Waals surface area contributed by atoms with E-state index < -0.39 is 0 Å². The molecule has 82 valence electrons. The van der Waals surface area contributed by atoms with E-state index in [2.05, 4.69) is 22.1 Å². The van der Waals surface area contributed by atoms with E-state index in [1.807, 2.05) is 35.8 Å². The summed E-state index contributed by atoms with van der Waals surface area (Å²) in [5.41, 5.74) is 2.85. The first-order valence-corrected chi connectivity index (χ1v) is 5.53. The molecule has 0 radical (unpaired) electrons. The Hall–Kier alpha value is -1.45. The number of thiazole rings is 1. The Kier molecular flexibility index (Phi) is 5.46. The van der Waals surface area contributed by atoms with Crippen LogP contribution >= 0.6 is 23.7 Å². The number of hydrogen-bond acceptors (Lipinski definition) is 3. The first-order valence-electron chi connectivity index (χ1n) is 4.59. The number of rotatable bonds is 0. The third-order valence-electron chi connectivity index (χ3n) is 1.86. The molecule has 0 amide bonds. The van der Waals surface area contributed by atoms with E-state index in [0.29, 0.717) is 0 Å². The smallest absolute Gasteiger partial charge is 0.0791 e. The number of benzene rings is 1. The summed E-state index contributed by atoms with van der Waals surface area (Å²) in [6.07, 6.45) is 3.58. The number of pyridine rings is 1. The molecule has 4 heteroatoms. The monoisotopic (exact) mass is 250 g/mol. The first-order chi connectivity index (χ1) is 7.47. The zero-order valence-corrected chi connectivity index (χ0v) is 10.1. The molecule has 0 saturated carbocycles. The van der Waals surface area contributed by atoms with Crippen molar-refractivity contribution in [3.8, 4) is 0 Å². The maximum atomic E-state index is 4.18. The molecule has 0 aliphatic heterocycles. The van der Waals surface area contributed by atoms with Crippen molar-refractivity contribution in [3.05, 3.63) is 59.7 Å². The lowest BCUT2D eigenvalue weighted by molar-refractivity contribution is 1.41. The summed E-state index contributed by atoms with van der Waals surface area (Å²) in [4.78, 5) is 7.92. The van der Waals surface area contributed by atoms with Crippen LogP contribution in [0.25, 0.3) is 10.9 Å². The van der Waals surface area contributed by atoms with Gasteiger partial charge in [0, 0.05) is 23.2 Å². The van der Waals surface area contributed by atoms with Gasteiger partial charge < -0.3 is 0 Å². The van der Waals surface area contributed by atoms with Crippen LogP contribution in [-0.4, -0.2) is 9.97 Å². The largest absolute Gasteiger partial charge is 0.256 e. The van der Waals surface area contributed by atoms with E-state index in [1.165, 1.54) is 5.39 Å². The van der Waals surface area contributed by atoms with E-state index in [-0.39, 0.29) is 12.4 Å². The van der Waals surface area contributed by atoms with Crippen molar-refractivity contribution in [2.24, 2.45) is 0 Å². The second-order valence-electron chi connectivity index (χ2n) is 2.87. The third-order valence-corrected chi connectivity index (χ3v) is 2.38. The van der Waals surface area contributed by atoms with Crippen LogP contribution in [0, 0.1) is 0 Å². The summed E-state index contributed by atoms with van der Waals surface area (Å²) < 4.78 is 0. The van der Waals surface area contributed by atoms with Crippen molar-refractivity contribution in [2.45, 2.75) is 0 Å². The minimum absolute atomic E-state index is 0. The minimum atomic E-state index is 0. The van der Waals surface area contributed by atoms with Gasteiger partial charge in [-0.25, -0.2) is 0 Å². The minimum Gasteiger partial charge on any atom is -0.256 e. The molecule has 0 spiro atoms. The molecule has 0 aliphatic carbocycles. The zero-order valence-electron chi connectivity index (χ0n) is 8.48. The van der Waals surface area contributed by atoms with Crippen LogP contribution in [0.1, 0.15) is 0 Å². The lowest BCUT2D eigenvalue weighted by atomic mass is 10.2. The van der Waals surface area contributed by atoms with Gasteiger partial charge in [0.25, 0.3) is 0 Å². The van der Waals surface area contributed by atoms with Gasteiger partial charge in [-0.2, -0.15) is 0 Å². The molecule has 0 fully saturated rings. The van der Waals surface area contributed by atoms with Gasteiger partial charge in [-0.3, -0.25) is 9.97 Å².